The van der Waals surface area contributed by atoms with Crippen LogP contribution in [0.25, 0.3) is 10.9 Å². The fraction of sp³-hybridized carbons (Fsp3) is 0.158. The minimum Gasteiger partial charge on any atom is -0.465 e. The van der Waals surface area contributed by atoms with Crippen LogP contribution in [0.15, 0.2) is 47.3 Å². The smallest absolute Gasteiger partial charge is 0.345 e. The van der Waals surface area contributed by atoms with Crippen molar-refractivity contribution in [3.05, 3.63) is 74.5 Å². The number of esters is 1. The van der Waals surface area contributed by atoms with Gasteiger partial charge in [-0.05, 0) is 36.2 Å². The molecular weight excluding hydrogens is 340 g/mol. The number of hydrogen-bond donors (Lipinski definition) is 2. The highest BCUT2D eigenvalue weighted by Gasteiger charge is 2.20. The van der Waals surface area contributed by atoms with E-state index in [1.807, 2.05) is 31.2 Å². The molecule has 0 atom stereocenters. The molecule has 0 spiro atoms. The fourth-order valence-electron chi connectivity index (χ4n) is 2.74. The number of benzene rings is 2. The van der Waals surface area contributed by atoms with Gasteiger partial charge in [-0.25, -0.2) is 4.79 Å². The van der Waals surface area contributed by atoms with Crippen molar-refractivity contribution >= 4 is 34.2 Å². The summed E-state index contributed by atoms with van der Waals surface area (Å²) >= 11 is 6.10. The summed E-state index contributed by atoms with van der Waals surface area (Å²) in [6.07, 6.45) is 0. The van der Waals surface area contributed by atoms with Crippen LogP contribution in [0.4, 0.5) is 5.69 Å². The number of aromatic amines is 1. The number of aryl methyl sites for hydroxylation is 1. The summed E-state index contributed by atoms with van der Waals surface area (Å²) in [4.78, 5) is 27.2. The number of H-pyrrole nitrogens is 1. The van der Waals surface area contributed by atoms with E-state index in [2.05, 4.69) is 10.3 Å². The van der Waals surface area contributed by atoms with Gasteiger partial charge in [0.2, 0.25) is 0 Å². The Labute approximate surface area is 149 Å². The first kappa shape index (κ1) is 17.0. The van der Waals surface area contributed by atoms with E-state index in [0.717, 1.165) is 11.1 Å². The third kappa shape index (κ3) is 3.37. The molecule has 0 radical (unpaired) electrons. The fourth-order valence-corrected chi connectivity index (χ4v) is 2.91. The Kier molecular flexibility index (Phi) is 4.76. The summed E-state index contributed by atoms with van der Waals surface area (Å²) in [6, 6.07) is 13.0. The maximum absolute atomic E-state index is 12.4. The Hall–Kier alpha value is -2.79. The second-order valence-corrected chi connectivity index (χ2v) is 6.10. The molecule has 2 N–H and O–H groups in total. The number of aromatic nitrogens is 1. The van der Waals surface area contributed by atoms with Crippen molar-refractivity contribution in [2.24, 2.45) is 0 Å². The Morgan fingerprint density at radius 2 is 2.00 bits per heavy atom. The standard InChI is InChI=1S/C19H17ClN2O3/c1-11-5-3-4-6-12(11)10-21-17-14-9-13(20)7-8-15(14)22-18(23)16(17)19(24)25-2/h3-9H,10H2,1-2H3,(H2,21,22,23). The minimum absolute atomic E-state index is 0.0640. The molecule has 0 fully saturated rings. The zero-order valence-corrected chi connectivity index (χ0v) is 14.6. The van der Waals surface area contributed by atoms with Crippen molar-refractivity contribution < 1.29 is 9.53 Å². The van der Waals surface area contributed by atoms with Gasteiger partial charge in [0.15, 0.2) is 0 Å². The van der Waals surface area contributed by atoms with Crippen molar-refractivity contribution in [1.29, 1.82) is 0 Å². The number of rotatable bonds is 4. The molecule has 0 unspecified atom stereocenters. The Bertz CT molecular complexity index is 1010. The number of pyridine rings is 1. The number of nitrogens with one attached hydrogen (secondary N) is 2. The van der Waals surface area contributed by atoms with E-state index in [-0.39, 0.29) is 5.56 Å². The summed E-state index contributed by atoms with van der Waals surface area (Å²) in [5.74, 6) is -0.699. The molecule has 3 aromatic rings. The molecule has 0 bridgehead atoms. The molecule has 5 nitrogen and oxygen atoms in total. The van der Waals surface area contributed by atoms with Gasteiger partial charge in [0.1, 0.15) is 5.56 Å². The average molecular weight is 357 g/mol. The zero-order valence-electron chi connectivity index (χ0n) is 13.9. The lowest BCUT2D eigenvalue weighted by Gasteiger charge is -2.15. The third-order valence-electron chi connectivity index (χ3n) is 4.08. The van der Waals surface area contributed by atoms with Crippen molar-refractivity contribution in [2.75, 3.05) is 12.4 Å². The largest absolute Gasteiger partial charge is 0.465 e. The van der Waals surface area contributed by atoms with Crippen LogP contribution in [0.2, 0.25) is 5.02 Å². The highest BCUT2D eigenvalue weighted by Crippen LogP contribution is 2.28. The molecule has 0 aliphatic heterocycles. The van der Waals surface area contributed by atoms with Gasteiger partial charge in [-0.3, -0.25) is 4.79 Å². The van der Waals surface area contributed by atoms with Crippen molar-refractivity contribution in [3.8, 4) is 0 Å². The summed E-state index contributed by atoms with van der Waals surface area (Å²) in [6.45, 7) is 2.47. The Balaban J connectivity index is 2.16. The predicted molar refractivity (Wildman–Crippen MR) is 99.4 cm³/mol. The first-order valence-electron chi connectivity index (χ1n) is 7.73. The van der Waals surface area contributed by atoms with E-state index in [1.165, 1.54) is 7.11 Å². The van der Waals surface area contributed by atoms with Gasteiger partial charge in [0.05, 0.1) is 18.3 Å². The van der Waals surface area contributed by atoms with E-state index in [1.54, 1.807) is 18.2 Å². The van der Waals surface area contributed by atoms with Crippen molar-refractivity contribution in [1.82, 2.24) is 4.98 Å². The van der Waals surface area contributed by atoms with Crippen LogP contribution in [0.5, 0.6) is 0 Å². The van der Waals surface area contributed by atoms with Gasteiger partial charge in [-0.1, -0.05) is 35.9 Å². The number of hydrogen-bond acceptors (Lipinski definition) is 4. The molecule has 0 aliphatic carbocycles. The summed E-state index contributed by atoms with van der Waals surface area (Å²) in [5.41, 5.74) is 2.61. The van der Waals surface area contributed by atoms with Gasteiger partial charge in [0, 0.05) is 17.0 Å². The van der Waals surface area contributed by atoms with Gasteiger partial charge in [0.25, 0.3) is 5.56 Å². The minimum atomic E-state index is -0.699. The lowest BCUT2D eigenvalue weighted by molar-refractivity contribution is 0.0600. The predicted octanol–water partition coefficient (Wildman–Crippen LogP) is 3.89. The number of halogens is 1. The molecule has 0 aliphatic rings. The molecule has 0 saturated heterocycles. The molecule has 6 heteroatoms. The number of ether oxygens (including phenoxy) is 1. The van der Waals surface area contributed by atoms with E-state index < -0.39 is 11.5 Å². The SMILES string of the molecule is COC(=O)c1c(NCc2ccccc2C)c2cc(Cl)ccc2[nH]c1=O. The first-order valence-corrected chi connectivity index (χ1v) is 8.11. The first-order chi connectivity index (χ1) is 12.0. The van der Waals surface area contributed by atoms with Crippen molar-refractivity contribution in [3.63, 3.8) is 0 Å². The van der Waals surface area contributed by atoms with E-state index in [4.69, 9.17) is 16.3 Å². The van der Waals surface area contributed by atoms with Gasteiger partial charge >= 0.3 is 5.97 Å². The molecular formula is C19H17ClN2O3. The van der Waals surface area contributed by atoms with Gasteiger partial charge in [-0.15, -0.1) is 0 Å². The molecule has 0 saturated carbocycles. The van der Waals surface area contributed by atoms with E-state index >= 15 is 0 Å². The van der Waals surface area contributed by atoms with E-state index in [9.17, 15) is 9.59 Å². The van der Waals surface area contributed by atoms with Crippen LogP contribution < -0.4 is 10.9 Å². The van der Waals surface area contributed by atoms with Crippen molar-refractivity contribution in [2.45, 2.75) is 13.5 Å². The lowest BCUT2D eigenvalue weighted by Crippen LogP contribution is -2.22. The van der Waals surface area contributed by atoms with Crippen LogP contribution in [0, 0.1) is 6.92 Å². The molecule has 0 amide bonds. The maximum Gasteiger partial charge on any atom is 0.345 e. The quantitative estimate of drug-likeness (QED) is 0.696. The van der Waals surface area contributed by atoms with Crippen LogP contribution in [-0.4, -0.2) is 18.1 Å². The molecule has 1 heterocycles. The molecule has 2 aromatic carbocycles. The molecule has 25 heavy (non-hydrogen) atoms. The molecule has 1 aromatic heterocycles. The lowest BCUT2D eigenvalue weighted by atomic mass is 10.1. The number of carbonyl (C=O) groups is 1. The number of carbonyl (C=O) groups excluding carboxylic acids is 1. The van der Waals surface area contributed by atoms with E-state index in [0.29, 0.717) is 28.2 Å². The topological polar surface area (TPSA) is 71.2 Å². The highest BCUT2D eigenvalue weighted by molar-refractivity contribution is 6.31. The number of methoxy groups -OCH3 is 1. The third-order valence-corrected chi connectivity index (χ3v) is 4.32. The summed E-state index contributed by atoms with van der Waals surface area (Å²) in [7, 11) is 1.25. The maximum atomic E-state index is 12.4. The Morgan fingerprint density at radius 1 is 1.24 bits per heavy atom. The molecule has 3 rings (SSSR count). The highest BCUT2D eigenvalue weighted by atomic mass is 35.5. The number of anilines is 1. The zero-order chi connectivity index (χ0) is 18.0. The van der Waals surface area contributed by atoms with Crippen LogP contribution >= 0.6 is 11.6 Å². The number of fused-ring (bicyclic) bond motifs is 1. The summed E-state index contributed by atoms with van der Waals surface area (Å²) in [5, 5.41) is 4.38. The molecule has 128 valence electrons. The van der Waals surface area contributed by atoms with Crippen LogP contribution in [-0.2, 0) is 11.3 Å². The normalized spacial score (nSPS) is 10.7. The monoisotopic (exact) mass is 356 g/mol. The second-order valence-electron chi connectivity index (χ2n) is 5.67. The van der Waals surface area contributed by atoms with Gasteiger partial charge < -0.3 is 15.0 Å². The second kappa shape index (κ2) is 6.99. The summed E-state index contributed by atoms with van der Waals surface area (Å²) < 4.78 is 4.78. The van der Waals surface area contributed by atoms with Gasteiger partial charge in [-0.2, -0.15) is 0 Å². The van der Waals surface area contributed by atoms with Crippen LogP contribution in [0.1, 0.15) is 21.5 Å². The average Bonchev–Trinajstić information content (AvgIpc) is 2.60. The van der Waals surface area contributed by atoms with Crippen LogP contribution in [0.3, 0.4) is 0 Å². The Morgan fingerprint density at radius 3 is 2.72 bits per heavy atom.